The van der Waals surface area contributed by atoms with Crippen LogP contribution in [0.15, 0.2) is 35.4 Å². The molecule has 0 aromatic heterocycles. The van der Waals surface area contributed by atoms with E-state index in [9.17, 15) is 14.9 Å². The molecule has 0 atom stereocenters. The van der Waals surface area contributed by atoms with Crippen molar-refractivity contribution < 1.29 is 14.5 Å². The Morgan fingerprint density at radius 1 is 1.27 bits per heavy atom. The van der Waals surface area contributed by atoms with Gasteiger partial charge < -0.3 is 4.74 Å². The molecule has 2 aromatic rings. The standard InChI is InChI=1S/C17H15Cl2N3O4/c1-10-5-13(6-11(2)17(10)19)26-9-16(23)21-20-8-12-3-4-15(22(24)25)14(18)7-12/h3-8H,9H2,1-2H3,(H,21,23). The van der Waals surface area contributed by atoms with E-state index in [1.54, 1.807) is 12.1 Å². The lowest BCUT2D eigenvalue weighted by atomic mass is 10.1. The molecule has 0 bridgehead atoms. The minimum atomic E-state index is -0.581. The van der Waals surface area contributed by atoms with Gasteiger partial charge in [0.15, 0.2) is 6.61 Å². The van der Waals surface area contributed by atoms with Crippen LogP contribution in [0.3, 0.4) is 0 Å². The van der Waals surface area contributed by atoms with Crippen LogP contribution in [0.25, 0.3) is 0 Å². The molecule has 0 unspecified atom stereocenters. The van der Waals surface area contributed by atoms with Crippen LogP contribution in [0.2, 0.25) is 10.0 Å². The summed E-state index contributed by atoms with van der Waals surface area (Å²) >= 11 is 11.9. The van der Waals surface area contributed by atoms with Gasteiger partial charge in [-0.05, 0) is 54.8 Å². The number of hydrogen-bond donors (Lipinski definition) is 1. The molecule has 0 fully saturated rings. The van der Waals surface area contributed by atoms with Crippen molar-refractivity contribution in [3.05, 3.63) is 67.2 Å². The van der Waals surface area contributed by atoms with Crippen molar-refractivity contribution in [1.82, 2.24) is 5.43 Å². The predicted molar refractivity (Wildman–Crippen MR) is 100 cm³/mol. The number of nitro groups is 1. The fourth-order valence-corrected chi connectivity index (χ4v) is 2.47. The highest BCUT2D eigenvalue weighted by atomic mass is 35.5. The van der Waals surface area contributed by atoms with E-state index in [2.05, 4.69) is 10.5 Å². The molecular weight excluding hydrogens is 381 g/mol. The maximum atomic E-state index is 11.8. The second-order valence-electron chi connectivity index (χ2n) is 5.42. The number of aryl methyl sites for hydroxylation is 2. The minimum Gasteiger partial charge on any atom is -0.484 e. The van der Waals surface area contributed by atoms with Gasteiger partial charge in [-0.1, -0.05) is 23.2 Å². The first-order valence-corrected chi connectivity index (χ1v) is 8.19. The summed E-state index contributed by atoms with van der Waals surface area (Å²) in [5, 5.41) is 15.1. The zero-order valence-corrected chi connectivity index (χ0v) is 15.5. The smallest absolute Gasteiger partial charge is 0.287 e. The Morgan fingerprint density at radius 2 is 1.92 bits per heavy atom. The summed E-state index contributed by atoms with van der Waals surface area (Å²) < 4.78 is 5.41. The number of hydrazone groups is 1. The molecule has 136 valence electrons. The zero-order chi connectivity index (χ0) is 19.3. The van der Waals surface area contributed by atoms with E-state index < -0.39 is 10.8 Å². The van der Waals surface area contributed by atoms with Crippen LogP contribution in [-0.2, 0) is 4.79 Å². The highest BCUT2D eigenvalue weighted by Gasteiger charge is 2.11. The second kappa shape index (κ2) is 8.64. The molecule has 2 aromatic carbocycles. The number of nitrogens with zero attached hydrogens (tertiary/aromatic N) is 2. The number of nitrogens with one attached hydrogen (secondary N) is 1. The van der Waals surface area contributed by atoms with Gasteiger partial charge in [0, 0.05) is 11.1 Å². The van der Waals surface area contributed by atoms with E-state index >= 15 is 0 Å². The van der Waals surface area contributed by atoms with Crippen LogP contribution in [0.4, 0.5) is 5.69 Å². The van der Waals surface area contributed by atoms with Gasteiger partial charge in [0.1, 0.15) is 10.8 Å². The Labute approximate surface area is 159 Å². The lowest BCUT2D eigenvalue weighted by Gasteiger charge is -2.09. The maximum Gasteiger partial charge on any atom is 0.287 e. The largest absolute Gasteiger partial charge is 0.484 e. The number of carbonyl (C=O) groups excluding carboxylic acids is 1. The summed E-state index contributed by atoms with van der Waals surface area (Å²) in [6.45, 7) is 3.47. The summed E-state index contributed by atoms with van der Waals surface area (Å²) in [6, 6.07) is 7.59. The molecule has 0 spiro atoms. The zero-order valence-electron chi connectivity index (χ0n) is 14.0. The normalized spacial score (nSPS) is 10.8. The van der Waals surface area contributed by atoms with E-state index in [4.69, 9.17) is 27.9 Å². The minimum absolute atomic E-state index is 0.0120. The van der Waals surface area contributed by atoms with E-state index in [0.29, 0.717) is 16.3 Å². The van der Waals surface area contributed by atoms with E-state index in [-0.39, 0.29) is 17.3 Å². The van der Waals surface area contributed by atoms with Gasteiger partial charge in [-0.2, -0.15) is 5.10 Å². The van der Waals surface area contributed by atoms with Crippen molar-refractivity contribution in [2.24, 2.45) is 5.10 Å². The van der Waals surface area contributed by atoms with Crippen LogP contribution in [0, 0.1) is 24.0 Å². The van der Waals surface area contributed by atoms with Gasteiger partial charge in [-0.25, -0.2) is 5.43 Å². The fourth-order valence-electron chi connectivity index (χ4n) is 2.10. The molecule has 9 heteroatoms. The molecule has 0 saturated carbocycles. The van der Waals surface area contributed by atoms with Crippen LogP contribution < -0.4 is 10.2 Å². The number of rotatable bonds is 6. The summed E-state index contributed by atoms with van der Waals surface area (Å²) in [4.78, 5) is 21.9. The number of benzene rings is 2. The van der Waals surface area contributed by atoms with E-state index in [0.717, 1.165) is 11.1 Å². The summed E-state index contributed by atoms with van der Waals surface area (Å²) in [5.41, 5.74) is 4.32. The lowest BCUT2D eigenvalue weighted by Crippen LogP contribution is -2.24. The monoisotopic (exact) mass is 395 g/mol. The van der Waals surface area contributed by atoms with Crippen LogP contribution in [0.5, 0.6) is 5.75 Å². The molecule has 0 aliphatic rings. The second-order valence-corrected chi connectivity index (χ2v) is 6.21. The molecule has 2 rings (SSSR count). The SMILES string of the molecule is Cc1cc(OCC(=O)NN=Cc2ccc([N+](=O)[O-])c(Cl)c2)cc(C)c1Cl. The summed E-state index contributed by atoms with van der Waals surface area (Å²) in [7, 11) is 0. The Kier molecular flexibility index (Phi) is 6.54. The third-order valence-electron chi connectivity index (χ3n) is 3.35. The summed E-state index contributed by atoms with van der Waals surface area (Å²) in [5.74, 6) is 0.0743. The molecule has 0 aliphatic heterocycles. The Bertz CT molecular complexity index is 861. The lowest BCUT2D eigenvalue weighted by molar-refractivity contribution is -0.384. The van der Waals surface area contributed by atoms with E-state index in [1.165, 1.54) is 24.4 Å². The number of amides is 1. The van der Waals surface area contributed by atoms with E-state index in [1.807, 2.05) is 13.8 Å². The highest BCUT2D eigenvalue weighted by Crippen LogP contribution is 2.26. The molecule has 0 aliphatic carbocycles. The molecule has 0 heterocycles. The Hall–Kier alpha value is -2.64. The van der Waals surface area contributed by atoms with Crippen molar-refractivity contribution in [1.29, 1.82) is 0 Å². The first-order valence-electron chi connectivity index (χ1n) is 7.43. The van der Waals surface area contributed by atoms with Gasteiger partial charge in [-0.15, -0.1) is 0 Å². The van der Waals surface area contributed by atoms with Crippen molar-refractivity contribution in [2.45, 2.75) is 13.8 Å². The van der Waals surface area contributed by atoms with Gasteiger partial charge in [-0.3, -0.25) is 14.9 Å². The predicted octanol–water partition coefficient (Wildman–Crippen LogP) is 4.05. The Balaban J connectivity index is 1.90. The summed E-state index contributed by atoms with van der Waals surface area (Å²) in [6.07, 6.45) is 1.32. The van der Waals surface area contributed by atoms with Gasteiger partial charge in [0.05, 0.1) is 11.1 Å². The third kappa shape index (κ3) is 5.18. The first-order chi connectivity index (χ1) is 12.3. The topological polar surface area (TPSA) is 93.8 Å². The van der Waals surface area contributed by atoms with Crippen molar-refractivity contribution >= 4 is 41.0 Å². The first kappa shape index (κ1) is 19.7. The Morgan fingerprint density at radius 3 is 2.50 bits per heavy atom. The number of ether oxygens (including phenoxy) is 1. The number of hydrogen-bond acceptors (Lipinski definition) is 5. The maximum absolute atomic E-state index is 11.8. The molecule has 0 radical (unpaired) electrons. The average Bonchev–Trinajstić information content (AvgIpc) is 2.57. The number of nitro benzene ring substituents is 1. The average molecular weight is 396 g/mol. The van der Waals surface area contributed by atoms with Crippen molar-refractivity contribution in [3.8, 4) is 5.75 Å². The van der Waals surface area contributed by atoms with Gasteiger partial charge in [0.25, 0.3) is 11.6 Å². The van der Waals surface area contributed by atoms with Gasteiger partial charge in [0.2, 0.25) is 0 Å². The number of halogens is 2. The van der Waals surface area contributed by atoms with Crippen LogP contribution >= 0.6 is 23.2 Å². The fraction of sp³-hybridized carbons (Fsp3) is 0.176. The molecule has 7 nitrogen and oxygen atoms in total. The van der Waals surface area contributed by atoms with Crippen molar-refractivity contribution in [2.75, 3.05) is 6.61 Å². The highest BCUT2D eigenvalue weighted by molar-refractivity contribution is 6.33. The number of carbonyl (C=O) groups is 1. The van der Waals surface area contributed by atoms with Gasteiger partial charge >= 0.3 is 0 Å². The quantitative estimate of drug-likeness (QED) is 0.453. The molecular formula is C17H15Cl2N3O4. The van der Waals surface area contributed by atoms with Crippen molar-refractivity contribution in [3.63, 3.8) is 0 Å². The molecule has 26 heavy (non-hydrogen) atoms. The molecule has 1 N–H and O–H groups in total. The molecule has 1 amide bonds. The molecule has 0 saturated heterocycles. The van der Waals surface area contributed by atoms with Crippen LogP contribution in [0.1, 0.15) is 16.7 Å². The van der Waals surface area contributed by atoms with Crippen LogP contribution in [-0.4, -0.2) is 23.7 Å². The third-order valence-corrected chi connectivity index (χ3v) is 4.25.